The van der Waals surface area contributed by atoms with E-state index in [2.05, 4.69) is 0 Å². The predicted molar refractivity (Wildman–Crippen MR) is 126 cm³/mol. The topological polar surface area (TPSA) is 39.9 Å². The third-order valence-electron chi connectivity index (χ3n) is 5.79. The second-order valence-electron chi connectivity index (χ2n) is 7.89. The van der Waals surface area contributed by atoms with Crippen molar-refractivity contribution in [2.24, 2.45) is 7.05 Å². The van der Waals surface area contributed by atoms with Crippen LogP contribution in [0.15, 0.2) is 84.9 Å². The zero-order valence-electron chi connectivity index (χ0n) is 18.5. The van der Waals surface area contributed by atoms with Crippen LogP contribution in [-0.2, 0) is 13.2 Å². The molecule has 4 nitrogen and oxygen atoms in total. The summed E-state index contributed by atoms with van der Waals surface area (Å²) in [6.07, 6.45) is -4.40. The molecule has 34 heavy (non-hydrogen) atoms. The number of fused-ring (bicyclic) bond motifs is 1. The number of ether oxygens (including phenoxy) is 1. The van der Waals surface area contributed by atoms with Gasteiger partial charge in [0.15, 0.2) is 5.82 Å². The fraction of sp³-hybridized carbons (Fsp3) is 0.111. The Balaban J connectivity index is 1.74. The molecule has 0 atom stereocenters. The molecule has 0 saturated heterocycles. The van der Waals surface area contributed by atoms with E-state index < -0.39 is 11.7 Å². The van der Waals surface area contributed by atoms with Gasteiger partial charge in [-0.3, -0.25) is 0 Å². The molecule has 0 radical (unpaired) electrons. The van der Waals surface area contributed by atoms with Crippen molar-refractivity contribution in [3.8, 4) is 39.7 Å². The second-order valence-corrected chi connectivity index (χ2v) is 7.89. The van der Waals surface area contributed by atoms with Gasteiger partial charge in [0.25, 0.3) is 0 Å². The van der Waals surface area contributed by atoms with Crippen LogP contribution in [0, 0.1) is 0 Å². The van der Waals surface area contributed by atoms with Crippen LogP contribution in [0.1, 0.15) is 5.56 Å². The van der Waals surface area contributed by atoms with Gasteiger partial charge in [0, 0.05) is 23.6 Å². The van der Waals surface area contributed by atoms with Crippen molar-refractivity contribution in [1.82, 2.24) is 14.5 Å². The molecule has 170 valence electrons. The lowest BCUT2D eigenvalue weighted by Gasteiger charge is -2.10. The molecule has 0 aliphatic rings. The summed E-state index contributed by atoms with van der Waals surface area (Å²) < 4.78 is 46.6. The lowest BCUT2D eigenvalue weighted by Crippen LogP contribution is -2.04. The monoisotopic (exact) mass is 459 g/mol. The number of aromatic nitrogens is 3. The van der Waals surface area contributed by atoms with E-state index in [0.29, 0.717) is 28.5 Å². The summed E-state index contributed by atoms with van der Waals surface area (Å²) in [6, 6.07) is 24.3. The van der Waals surface area contributed by atoms with E-state index in [4.69, 9.17) is 14.7 Å². The van der Waals surface area contributed by atoms with Crippen molar-refractivity contribution in [2.45, 2.75) is 6.18 Å². The first-order chi connectivity index (χ1) is 16.3. The van der Waals surface area contributed by atoms with Crippen LogP contribution in [0.25, 0.3) is 44.9 Å². The van der Waals surface area contributed by atoms with E-state index >= 15 is 0 Å². The van der Waals surface area contributed by atoms with Crippen LogP contribution in [0.3, 0.4) is 0 Å². The highest BCUT2D eigenvalue weighted by Gasteiger charge is 2.30. The third kappa shape index (κ3) is 3.90. The molecule has 0 unspecified atom stereocenters. The fourth-order valence-electron chi connectivity index (χ4n) is 3.99. The summed E-state index contributed by atoms with van der Waals surface area (Å²) in [6.45, 7) is 0. The molecule has 5 aromatic rings. The van der Waals surface area contributed by atoms with Crippen LogP contribution in [0.2, 0.25) is 0 Å². The molecular formula is C27H20F3N3O. The molecule has 2 heterocycles. The molecule has 0 N–H and O–H groups in total. The van der Waals surface area contributed by atoms with Crippen LogP contribution < -0.4 is 4.74 Å². The number of halogens is 3. The van der Waals surface area contributed by atoms with Crippen molar-refractivity contribution < 1.29 is 17.9 Å². The Morgan fingerprint density at radius 1 is 0.765 bits per heavy atom. The summed E-state index contributed by atoms with van der Waals surface area (Å²) in [5.74, 6) is 1.18. The first-order valence-electron chi connectivity index (χ1n) is 10.6. The van der Waals surface area contributed by atoms with E-state index in [1.54, 1.807) is 7.11 Å². The van der Waals surface area contributed by atoms with Gasteiger partial charge in [-0.25, -0.2) is 9.97 Å². The van der Waals surface area contributed by atoms with Crippen molar-refractivity contribution in [1.29, 1.82) is 0 Å². The summed E-state index contributed by atoms with van der Waals surface area (Å²) in [7, 11) is 3.52. The number of alkyl halides is 3. The first-order valence-corrected chi connectivity index (χ1v) is 10.6. The molecule has 0 saturated carbocycles. The normalized spacial score (nSPS) is 11.7. The zero-order valence-corrected chi connectivity index (χ0v) is 18.5. The summed E-state index contributed by atoms with van der Waals surface area (Å²) in [4.78, 5) is 9.61. The van der Waals surface area contributed by atoms with E-state index in [1.165, 1.54) is 12.1 Å². The van der Waals surface area contributed by atoms with Crippen LogP contribution in [0.4, 0.5) is 13.2 Å². The van der Waals surface area contributed by atoms with Gasteiger partial charge in [0.1, 0.15) is 11.4 Å². The predicted octanol–water partition coefficient (Wildman–Crippen LogP) is 7.00. The third-order valence-corrected chi connectivity index (χ3v) is 5.79. The molecule has 3 aromatic carbocycles. The summed E-state index contributed by atoms with van der Waals surface area (Å²) in [5.41, 5.74) is 3.86. The minimum atomic E-state index is -4.40. The van der Waals surface area contributed by atoms with Crippen LogP contribution >= 0.6 is 0 Å². The van der Waals surface area contributed by atoms with Crippen molar-refractivity contribution in [3.05, 3.63) is 90.5 Å². The van der Waals surface area contributed by atoms with Gasteiger partial charge in [0.05, 0.1) is 24.1 Å². The van der Waals surface area contributed by atoms with Crippen molar-refractivity contribution in [2.75, 3.05) is 7.11 Å². The van der Waals surface area contributed by atoms with Crippen LogP contribution in [-0.4, -0.2) is 21.6 Å². The Bertz CT molecular complexity index is 1460. The highest BCUT2D eigenvalue weighted by Crippen LogP contribution is 2.36. The number of methoxy groups -OCH3 is 1. The Hall–Kier alpha value is -4.13. The number of nitrogens with zero attached hydrogens (tertiary/aromatic N) is 3. The Morgan fingerprint density at radius 2 is 1.41 bits per heavy atom. The lowest BCUT2D eigenvalue weighted by molar-refractivity contribution is -0.137. The lowest BCUT2D eigenvalue weighted by atomic mass is 10.1. The van der Waals surface area contributed by atoms with E-state index in [9.17, 15) is 13.2 Å². The highest BCUT2D eigenvalue weighted by atomic mass is 19.4. The van der Waals surface area contributed by atoms with Gasteiger partial charge in [-0.15, -0.1) is 0 Å². The van der Waals surface area contributed by atoms with Gasteiger partial charge in [-0.1, -0.05) is 42.5 Å². The van der Waals surface area contributed by atoms with E-state index in [1.807, 2.05) is 72.3 Å². The number of hydrogen-bond donors (Lipinski definition) is 0. The molecule has 0 amide bonds. The molecule has 7 heteroatoms. The number of rotatable bonds is 4. The van der Waals surface area contributed by atoms with Gasteiger partial charge >= 0.3 is 6.18 Å². The number of hydrogen-bond acceptors (Lipinski definition) is 3. The van der Waals surface area contributed by atoms with Crippen molar-refractivity contribution in [3.63, 3.8) is 0 Å². The first kappa shape index (κ1) is 21.7. The highest BCUT2D eigenvalue weighted by molar-refractivity contribution is 5.96. The van der Waals surface area contributed by atoms with Crippen LogP contribution in [0.5, 0.6) is 5.75 Å². The maximum atomic E-state index is 13.1. The quantitative estimate of drug-likeness (QED) is 0.291. The van der Waals surface area contributed by atoms with E-state index in [0.717, 1.165) is 34.3 Å². The molecular weight excluding hydrogens is 439 g/mol. The van der Waals surface area contributed by atoms with E-state index in [-0.39, 0.29) is 0 Å². The average Bonchev–Trinajstić information content (AvgIpc) is 3.20. The minimum absolute atomic E-state index is 0.478. The molecule has 5 rings (SSSR count). The molecule has 0 fully saturated rings. The maximum absolute atomic E-state index is 13.1. The number of benzene rings is 3. The molecule has 0 bridgehead atoms. The Morgan fingerprint density at radius 3 is 2.03 bits per heavy atom. The minimum Gasteiger partial charge on any atom is -0.497 e. The molecule has 0 spiro atoms. The molecule has 0 aliphatic heterocycles. The Kier molecular flexibility index (Phi) is 5.32. The molecule has 0 aliphatic carbocycles. The van der Waals surface area contributed by atoms with Gasteiger partial charge < -0.3 is 9.30 Å². The molecule has 2 aromatic heterocycles. The van der Waals surface area contributed by atoms with Gasteiger partial charge in [-0.2, -0.15) is 13.2 Å². The average molecular weight is 459 g/mol. The number of aryl methyl sites for hydroxylation is 1. The summed E-state index contributed by atoms with van der Waals surface area (Å²) >= 11 is 0. The summed E-state index contributed by atoms with van der Waals surface area (Å²) in [5, 5.41) is 0.762. The zero-order chi connectivity index (χ0) is 23.9. The smallest absolute Gasteiger partial charge is 0.416 e. The standard InChI is InChI=1S/C27H20F3N3O/c1-33-23(17-6-4-3-5-7-17)16-22-24(18-8-12-20(13-9-18)27(28,29)30)31-25(32-26(22)33)19-10-14-21(34-2)15-11-19/h3-16H,1-2H3. The maximum Gasteiger partial charge on any atom is 0.416 e. The second kappa shape index (κ2) is 8.33. The largest absolute Gasteiger partial charge is 0.497 e. The SMILES string of the molecule is COc1ccc(-c2nc(-c3ccc(C(F)(F)F)cc3)c3cc(-c4ccccc4)n(C)c3n2)cc1. The van der Waals surface area contributed by atoms with Gasteiger partial charge in [0.2, 0.25) is 0 Å². The van der Waals surface area contributed by atoms with Gasteiger partial charge in [-0.05, 0) is 48.0 Å². The van der Waals surface area contributed by atoms with Crippen molar-refractivity contribution >= 4 is 11.0 Å². The Labute approximate surface area is 194 Å². The fourth-order valence-corrected chi connectivity index (χ4v) is 3.99.